The molecule has 36 heavy (non-hydrogen) atoms. The lowest BCUT2D eigenvalue weighted by molar-refractivity contribution is -0.136. The van der Waals surface area contributed by atoms with E-state index < -0.39 is 11.8 Å². The van der Waals surface area contributed by atoms with E-state index in [1.165, 1.54) is 18.3 Å². The Morgan fingerprint density at radius 1 is 0.917 bits per heavy atom. The van der Waals surface area contributed by atoms with E-state index in [1.807, 2.05) is 32.0 Å². The van der Waals surface area contributed by atoms with Gasteiger partial charge in [0, 0.05) is 16.3 Å². The van der Waals surface area contributed by atoms with Crippen molar-refractivity contribution in [2.45, 2.75) is 13.8 Å². The van der Waals surface area contributed by atoms with Gasteiger partial charge in [-0.05, 0) is 61.4 Å². The molecule has 0 aliphatic rings. The first-order valence-electron chi connectivity index (χ1n) is 10.5. The second-order valence-corrected chi connectivity index (χ2v) is 8.81. The van der Waals surface area contributed by atoms with Crippen LogP contribution in [0.4, 0.5) is 11.4 Å². The van der Waals surface area contributed by atoms with Gasteiger partial charge in [-0.15, -0.1) is 0 Å². The van der Waals surface area contributed by atoms with Crippen LogP contribution >= 0.6 is 34.8 Å². The molecule has 3 N–H and O–H groups in total. The molecule has 0 unspecified atom stereocenters. The highest BCUT2D eigenvalue weighted by Crippen LogP contribution is 2.29. The Balaban J connectivity index is 1.60. The minimum atomic E-state index is -1.04. The SMILES string of the molecule is Cc1ccc(C)c(NC(=O)COc2ccc(Cl)cc2/C=N\NC(=O)C(=O)Nc2cccc(Cl)c2Cl)c1. The second-order valence-electron chi connectivity index (χ2n) is 7.59. The fraction of sp³-hybridized carbons (Fsp3) is 0.120. The third kappa shape index (κ3) is 7.45. The van der Waals surface area contributed by atoms with E-state index in [-0.39, 0.29) is 28.2 Å². The molecule has 186 valence electrons. The molecule has 0 bridgehead atoms. The lowest BCUT2D eigenvalue weighted by Crippen LogP contribution is -2.32. The number of halogens is 3. The van der Waals surface area contributed by atoms with Gasteiger partial charge in [-0.2, -0.15) is 5.10 Å². The number of nitrogens with one attached hydrogen (secondary N) is 3. The van der Waals surface area contributed by atoms with Crippen LogP contribution < -0.4 is 20.8 Å². The van der Waals surface area contributed by atoms with E-state index in [4.69, 9.17) is 39.5 Å². The van der Waals surface area contributed by atoms with Crippen LogP contribution in [0.1, 0.15) is 16.7 Å². The highest BCUT2D eigenvalue weighted by molar-refractivity contribution is 6.45. The summed E-state index contributed by atoms with van der Waals surface area (Å²) in [5, 5.41) is 9.64. The lowest BCUT2D eigenvalue weighted by Gasteiger charge is -2.12. The van der Waals surface area contributed by atoms with Crippen molar-refractivity contribution in [2.24, 2.45) is 5.10 Å². The summed E-state index contributed by atoms with van der Waals surface area (Å²) in [5.41, 5.74) is 5.29. The largest absolute Gasteiger partial charge is 0.483 e. The highest BCUT2D eigenvalue weighted by Gasteiger charge is 2.16. The van der Waals surface area contributed by atoms with Crippen LogP contribution in [0.2, 0.25) is 15.1 Å². The minimum absolute atomic E-state index is 0.103. The van der Waals surface area contributed by atoms with Gasteiger partial charge in [0.2, 0.25) is 0 Å². The third-order valence-electron chi connectivity index (χ3n) is 4.77. The standard InChI is InChI=1S/C25H21Cl3N4O4/c1-14-6-7-15(2)20(10-14)30-22(33)13-36-21-9-8-17(26)11-16(21)12-29-32-25(35)24(34)31-19-5-3-4-18(27)23(19)28/h3-12H,13H2,1-2H3,(H,30,33)(H,31,34)(H,32,35)/b29-12-. The van der Waals surface area contributed by atoms with Crippen molar-refractivity contribution in [2.75, 3.05) is 17.2 Å². The van der Waals surface area contributed by atoms with Crippen molar-refractivity contribution >= 4 is 70.1 Å². The molecule has 0 atom stereocenters. The molecule has 3 amide bonds. The smallest absolute Gasteiger partial charge is 0.329 e. The summed E-state index contributed by atoms with van der Waals surface area (Å²) in [5.74, 6) is -2.10. The average molecular weight is 548 g/mol. The molecule has 8 nitrogen and oxygen atoms in total. The number of carbonyl (C=O) groups excluding carboxylic acids is 3. The molecule has 3 aromatic rings. The molecule has 3 aromatic carbocycles. The fourth-order valence-electron chi connectivity index (χ4n) is 2.94. The molecule has 0 radical (unpaired) electrons. The van der Waals surface area contributed by atoms with Gasteiger partial charge in [0.05, 0.1) is 21.9 Å². The molecule has 11 heteroatoms. The second kappa shape index (κ2) is 12.4. The number of amides is 3. The molecule has 0 spiro atoms. The highest BCUT2D eigenvalue weighted by atomic mass is 35.5. The molecule has 0 saturated carbocycles. The van der Waals surface area contributed by atoms with Crippen LogP contribution in [0.25, 0.3) is 0 Å². The van der Waals surface area contributed by atoms with Crippen molar-refractivity contribution in [3.8, 4) is 5.75 Å². The zero-order valence-corrected chi connectivity index (χ0v) is 21.5. The number of hydrogen-bond donors (Lipinski definition) is 3. The van der Waals surface area contributed by atoms with Gasteiger partial charge in [0.25, 0.3) is 5.91 Å². The van der Waals surface area contributed by atoms with E-state index in [0.717, 1.165) is 11.1 Å². The average Bonchev–Trinajstić information content (AvgIpc) is 2.83. The number of carbonyl (C=O) groups is 3. The summed E-state index contributed by atoms with van der Waals surface area (Å²) in [6, 6.07) is 15.0. The predicted molar refractivity (Wildman–Crippen MR) is 142 cm³/mol. The van der Waals surface area contributed by atoms with Crippen molar-refractivity contribution in [1.29, 1.82) is 0 Å². The first-order valence-corrected chi connectivity index (χ1v) is 11.7. The van der Waals surface area contributed by atoms with Gasteiger partial charge in [0.15, 0.2) is 6.61 Å². The van der Waals surface area contributed by atoms with Crippen LogP contribution in [0.5, 0.6) is 5.75 Å². The molecule has 0 aromatic heterocycles. The van der Waals surface area contributed by atoms with Crippen LogP contribution in [-0.2, 0) is 14.4 Å². The number of rotatable bonds is 7. The first-order chi connectivity index (χ1) is 17.1. The van der Waals surface area contributed by atoms with Crippen LogP contribution in [0.3, 0.4) is 0 Å². The Labute approximate surface area is 222 Å². The normalized spacial score (nSPS) is 10.7. The summed E-state index contributed by atoms with van der Waals surface area (Å²) < 4.78 is 5.62. The molecule has 3 rings (SSSR count). The van der Waals surface area contributed by atoms with Gasteiger partial charge in [-0.3, -0.25) is 14.4 Å². The van der Waals surface area contributed by atoms with E-state index in [1.54, 1.807) is 24.3 Å². The molecule has 0 saturated heterocycles. The Kier molecular flexibility index (Phi) is 9.30. The Morgan fingerprint density at radius 2 is 1.69 bits per heavy atom. The number of nitrogens with zero attached hydrogens (tertiary/aromatic N) is 1. The van der Waals surface area contributed by atoms with Gasteiger partial charge in [-0.1, -0.05) is 53.0 Å². The van der Waals surface area contributed by atoms with Crippen molar-refractivity contribution < 1.29 is 19.1 Å². The van der Waals surface area contributed by atoms with E-state index in [9.17, 15) is 14.4 Å². The summed E-state index contributed by atoms with van der Waals surface area (Å²) in [6.45, 7) is 3.55. The molecule has 0 heterocycles. The number of aryl methyl sites for hydroxylation is 2. The quantitative estimate of drug-likeness (QED) is 0.210. The molecular formula is C25H21Cl3N4O4. The number of benzene rings is 3. The molecule has 0 aliphatic heterocycles. The van der Waals surface area contributed by atoms with Crippen LogP contribution in [0.15, 0.2) is 59.7 Å². The molecule has 0 aliphatic carbocycles. The fourth-order valence-corrected chi connectivity index (χ4v) is 3.47. The Bertz CT molecular complexity index is 1340. The zero-order chi connectivity index (χ0) is 26.2. The van der Waals surface area contributed by atoms with Crippen LogP contribution in [-0.4, -0.2) is 30.5 Å². The zero-order valence-electron chi connectivity index (χ0n) is 19.2. The van der Waals surface area contributed by atoms with Gasteiger partial charge in [0.1, 0.15) is 5.75 Å². The van der Waals surface area contributed by atoms with Crippen molar-refractivity contribution in [1.82, 2.24) is 5.43 Å². The predicted octanol–water partition coefficient (Wildman–Crippen LogP) is 5.37. The van der Waals surface area contributed by atoms with E-state index in [0.29, 0.717) is 22.0 Å². The van der Waals surface area contributed by atoms with Gasteiger partial charge in [-0.25, -0.2) is 5.43 Å². The summed E-state index contributed by atoms with van der Waals surface area (Å²) in [7, 11) is 0. The number of anilines is 2. The Hall–Kier alpha value is -3.59. The van der Waals surface area contributed by atoms with E-state index in [2.05, 4.69) is 21.2 Å². The summed E-state index contributed by atoms with van der Waals surface area (Å²) in [6.07, 6.45) is 1.24. The van der Waals surface area contributed by atoms with Crippen LogP contribution in [0, 0.1) is 13.8 Å². The van der Waals surface area contributed by atoms with Gasteiger partial charge >= 0.3 is 11.8 Å². The Morgan fingerprint density at radius 3 is 2.47 bits per heavy atom. The van der Waals surface area contributed by atoms with Gasteiger partial charge < -0.3 is 15.4 Å². The maximum absolute atomic E-state index is 12.4. The number of hydrogen-bond acceptors (Lipinski definition) is 5. The maximum Gasteiger partial charge on any atom is 0.329 e. The minimum Gasteiger partial charge on any atom is -0.483 e. The number of ether oxygens (including phenoxy) is 1. The summed E-state index contributed by atoms with van der Waals surface area (Å²) >= 11 is 18.0. The van der Waals surface area contributed by atoms with Crippen molar-refractivity contribution in [3.63, 3.8) is 0 Å². The van der Waals surface area contributed by atoms with Crippen molar-refractivity contribution in [3.05, 3.63) is 86.4 Å². The monoisotopic (exact) mass is 546 g/mol. The summed E-state index contributed by atoms with van der Waals surface area (Å²) in [4.78, 5) is 36.6. The van der Waals surface area contributed by atoms with E-state index >= 15 is 0 Å². The molecular weight excluding hydrogens is 527 g/mol. The number of hydrazone groups is 1. The first kappa shape index (κ1) is 27.0. The maximum atomic E-state index is 12.4. The lowest BCUT2D eigenvalue weighted by atomic mass is 10.1. The topological polar surface area (TPSA) is 109 Å². The third-order valence-corrected chi connectivity index (χ3v) is 5.83. The molecule has 0 fully saturated rings.